The normalized spacial score (nSPS) is 12.7. The van der Waals surface area contributed by atoms with E-state index >= 15 is 0 Å². The Morgan fingerprint density at radius 2 is 2.31 bits per heavy atom. The minimum atomic E-state index is -0.758. The third-order valence-corrected chi connectivity index (χ3v) is 2.68. The summed E-state index contributed by atoms with van der Waals surface area (Å²) >= 11 is 0. The fourth-order valence-corrected chi connectivity index (χ4v) is 1.68. The SMILES string of the molecule is CCN(CCC(=O)O)C(C)c1ccccn1. The number of aliphatic carboxylic acids is 1. The molecule has 1 rings (SSSR count). The average Bonchev–Trinajstić information content (AvgIpc) is 2.30. The molecular formula is C12H18N2O2. The van der Waals surface area contributed by atoms with Gasteiger partial charge in [0.25, 0.3) is 0 Å². The van der Waals surface area contributed by atoms with Gasteiger partial charge in [-0.3, -0.25) is 14.7 Å². The Morgan fingerprint density at radius 3 is 2.81 bits per heavy atom. The molecule has 0 fully saturated rings. The minimum Gasteiger partial charge on any atom is -0.481 e. The Labute approximate surface area is 95.9 Å². The highest BCUT2D eigenvalue weighted by Crippen LogP contribution is 2.17. The molecule has 0 bridgehead atoms. The van der Waals surface area contributed by atoms with Crippen LogP contribution in [0, 0.1) is 0 Å². The number of carboxylic acid groups (broad SMARTS) is 1. The first kappa shape index (κ1) is 12.6. The molecule has 0 radical (unpaired) electrons. The molecule has 0 aliphatic rings. The first-order valence-electron chi connectivity index (χ1n) is 5.52. The van der Waals surface area contributed by atoms with Crippen LogP contribution in [0.1, 0.15) is 32.0 Å². The van der Waals surface area contributed by atoms with Crippen molar-refractivity contribution in [1.29, 1.82) is 0 Å². The molecule has 0 aliphatic carbocycles. The number of nitrogens with zero attached hydrogens (tertiary/aromatic N) is 2. The van der Waals surface area contributed by atoms with Crippen LogP contribution in [-0.4, -0.2) is 34.0 Å². The van der Waals surface area contributed by atoms with Crippen LogP contribution in [-0.2, 0) is 4.79 Å². The van der Waals surface area contributed by atoms with E-state index in [1.807, 2.05) is 32.0 Å². The monoisotopic (exact) mass is 222 g/mol. The largest absolute Gasteiger partial charge is 0.481 e. The van der Waals surface area contributed by atoms with Crippen molar-refractivity contribution < 1.29 is 9.90 Å². The summed E-state index contributed by atoms with van der Waals surface area (Å²) in [7, 11) is 0. The summed E-state index contributed by atoms with van der Waals surface area (Å²) in [6.07, 6.45) is 1.93. The van der Waals surface area contributed by atoms with Gasteiger partial charge >= 0.3 is 5.97 Å². The molecule has 1 atom stereocenters. The molecule has 0 saturated heterocycles. The zero-order valence-electron chi connectivity index (χ0n) is 9.76. The average molecular weight is 222 g/mol. The molecule has 4 nitrogen and oxygen atoms in total. The maximum absolute atomic E-state index is 10.5. The minimum absolute atomic E-state index is 0.158. The molecule has 1 N–H and O–H groups in total. The summed E-state index contributed by atoms with van der Waals surface area (Å²) in [6.45, 7) is 5.46. The maximum Gasteiger partial charge on any atom is 0.304 e. The maximum atomic E-state index is 10.5. The van der Waals surface area contributed by atoms with Crippen LogP contribution in [0.15, 0.2) is 24.4 Å². The second-order valence-corrected chi connectivity index (χ2v) is 3.70. The van der Waals surface area contributed by atoms with Crippen molar-refractivity contribution in [1.82, 2.24) is 9.88 Å². The zero-order valence-corrected chi connectivity index (χ0v) is 9.76. The van der Waals surface area contributed by atoms with Crippen molar-refractivity contribution in [2.75, 3.05) is 13.1 Å². The van der Waals surface area contributed by atoms with E-state index < -0.39 is 5.97 Å². The van der Waals surface area contributed by atoms with Gasteiger partial charge in [-0.15, -0.1) is 0 Å². The molecule has 1 unspecified atom stereocenters. The van der Waals surface area contributed by atoms with E-state index in [2.05, 4.69) is 9.88 Å². The fourth-order valence-electron chi connectivity index (χ4n) is 1.68. The lowest BCUT2D eigenvalue weighted by Gasteiger charge is -2.26. The number of hydrogen-bond acceptors (Lipinski definition) is 3. The van der Waals surface area contributed by atoms with Crippen molar-refractivity contribution in [3.8, 4) is 0 Å². The van der Waals surface area contributed by atoms with Gasteiger partial charge in [-0.25, -0.2) is 0 Å². The Hall–Kier alpha value is -1.42. The van der Waals surface area contributed by atoms with Crippen molar-refractivity contribution in [3.63, 3.8) is 0 Å². The lowest BCUT2D eigenvalue weighted by Crippen LogP contribution is -2.29. The Balaban J connectivity index is 2.62. The van der Waals surface area contributed by atoms with Gasteiger partial charge in [0.2, 0.25) is 0 Å². The van der Waals surface area contributed by atoms with E-state index in [9.17, 15) is 4.79 Å². The first-order chi connectivity index (χ1) is 7.65. The molecule has 0 amide bonds. The third kappa shape index (κ3) is 3.62. The molecule has 88 valence electrons. The summed E-state index contributed by atoms with van der Waals surface area (Å²) in [5.41, 5.74) is 0.981. The highest BCUT2D eigenvalue weighted by atomic mass is 16.4. The molecule has 0 aliphatic heterocycles. The molecule has 4 heteroatoms. The van der Waals surface area contributed by atoms with E-state index in [1.165, 1.54) is 0 Å². The van der Waals surface area contributed by atoms with Crippen LogP contribution in [0.25, 0.3) is 0 Å². The number of hydrogen-bond donors (Lipinski definition) is 1. The molecule has 0 spiro atoms. The predicted octanol–water partition coefficient (Wildman–Crippen LogP) is 1.94. The summed E-state index contributed by atoms with van der Waals surface area (Å²) in [4.78, 5) is 16.9. The number of pyridine rings is 1. The van der Waals surface area contributed by atoms with E-state index in [-0.39, 0.29) is 12.5 Å². The molecular weight excluding hydrogens is 204 g/mol. The van der Waals surface area contributed by atoms with E-state index in [4.69, 9.17) is 5.11 Å². The summed E-state index contributed by atoms with van der Waals surface area (Å²) in [6, 6.07) is 5.95. The smallest absolute Gasteiger partial charge is 0.304 e. The molecule has 1 aromatic rings. The van der Waals surface area contributed by atoms with Crippen LogP contribution >= 0.6 is 0 Å². The van der Waals surface area contributed by atoms with Crippen molar-refractivity contribution >= 4 is 5.97 Å². The molecule has 0 saturated carbocycles. The number of rotatable bonds is 6. The van der Waals surface area contributed by atoms with Crippen LogP contribution < -0.4 is 0 Å². The van der Waals surface area contributed by atoms with Gasteiger partial charge in [-0.1, -0.05) is 13.0 Å². The van der Waals surface area contributed by atoms with Gasteiger partial charge in [-0.05, 0) is 25.6 Å². The van der Waals surface area contributed by atoms with E-state index in [0.717, 1.165) is 12.2 Å². The van der Waals surface area contributed by atoms with Crippen LogP contribution in [0.2, 0.25) is 0 Å². The van der Waals surface area contributed by atoms with E-state index in [1.54, 1.807) is 6.20 Å². The van der Waals surface area contributed by atoms with Gasteiger partial charge in [0.15, 0.2) is 0 Å². The standard InChI is InChI=1S/C12H18N2O2/c1-3-14(9-7-12(15)16)10(2)11-6-4-5-8-13-11/h4-6,8,10H,3,7,9H2,1-2H3,(H,15,16). The van der Waals surface area contributed by atoms with Crippen LogP contribution in [0.3, 0.4) is 0 Å². The van der Waals surface area contributed by atoms with Crippen molar-refractivity contribution in [3.05, 3.63) is 30.1 Å². The van der Waals surface area contributed by atoms with Crippen molar-refractivity contribution in [2.24, 2.45) is 0 Å². The van der Waals surface area contributed by atoms with Crippen LogP contribution in [0.4, 0.5) is 0 Å². The van der Waals surface area contributed by atoms with Gasteiger partial charge in [0, 0.05) is 18.8 Å². The predicted molar refractivity (Wildman–Crippen MR) is 62.2 cm³/mol. The van der Waals surface area contributed by atoms with Gasteiger partial charge in [-0.2, -0.15) is 0 Å². The van der Waals surface area contributed by atoms with Crippen LogP contribution in [0.5, 0.6) is 0 Å². The highest BCUT2D eigenvalue weighted by molar-refractivity contribution is 5.66. The fraction of sp³-hybridized carbons (Fsp3) is 0.500. The number of carbonyl (C=O) groups is 1. The second-order valence-electron chi connectivity index (χ2n) is 3.70. The number of aromatic nitrogens is 1. The van der Waals surface area contributed by atoms with Gasteiger partial charge < -0.3 is 5.11 Å². The Kier molecular flexibility index (Phi) is 4.92. The van der Waals surface area contributed by atoms with Crippen molar-refractivity contribution in [2.45, 2.75) is 26.3 Å². The van der Waals surface area contributed by atoms with Gasteiger partial charge in [0.05, 0.1) is 12.1 Å². The lowest BCUT2D eigenvalue weighted by atomic mass is 10.1. The molecule has 0 aromatic carbocycles. The topological polar surface area (TPSA) is 53.4 Å². The lowest BCUT2D eigenvalue weighted by molar-refractivity contribution is -0.137. The second kappa shape index (κ2) is 6.23. The Bertz CT molecular complexity index is 327. The summed E-state index contributed by atoms with van der Waals surface area (Å²) in [5.74, 6) is -0.758. The van der Waals surface area contributed by atoms with E-state index in [0.29, 0.717) is 6.54 Å². The third-order valence-electron chi connectivity index (χ3n) is 2.68. The summed E-state index contributed by atoms with van der Waals surface area (Å²) in [5, 5.41) is 8.67. The molecule has 1 heterocycles. The molecule has 16 heavy (non-hydrogen) atoms. The first-order valence-corrected chi connectivity index (χ1v) is 5.52. The molecule has 1 aromatic heterocycles. The highest BCUT2D eigenvalue weighted by Gasteiger charge is 2.15. The number of carboxylic acids is 1. The van der Waals surface area contributed by atoms with Gasteiger partial charge in [0.1, 0.15) is 0 Å². The summed E-state index contributed by atoms with van der Waals surface area (Å²) < 4.78 is 0. The Morgan fingerprint density at radius 1 is 1.56 bits per heavy atom. The quantitative estimate of drug-likeness (QED) is 0.799. The zero-order chi connectivity index (χ0) is 12.0.